The molecule has 0 aliphatic rings. The molecule has 2 rings (SSSR count). The number of anilines is 3. The largest absolute Gasteiger partial charge is 0.365 e. The molecule has 19 heavy (non-hydrogen) atoms. The summed E-state index contributed by atoms with van der Waals surface area (Å²) in [6.07, 6.45) is 1.75. The molecule has 2 N–H and O–H groups in total. The van der Waals surface area contributed by atoms with Crippen molar-refractivity contribution in [1.29, 1.82) is 0 Å². The minimum atomic E-state index is -0.0184. The van der Waals surface area contributed by atoms with E-state index < -0.39 is 0 Å². The second-order valence-corrected chi connectivity index (χ2v) is 5.63. The van der Waals surface area contributed by atoms with Crippen LogP contribution in [-0.4, -0.2) is 15.5 Å². The van der Waals surface area contributed by atoms with Crippen LogP contribution in [0.3, 0.4) is 0 Å². The van der Waals surface area contributed by atoms with Gasteiger partial charge < -0.3 is 10.6 Å². The molecular formula is C15H20N4. The molecule has 1 aromatic carbocycles. The second kappa shape index (κ2) is 5.26. The molecule has 0 aliphatic carbocycles. The third-order valence-corrected chi connectivity index (χ3v) is 2.47. The highest BCUT2D eigenvalue weighted by molar-refractivity contribution is 5.55. The predicted octanol–water partition coefficient (Wildman–Crippen LogP) is 3.74. The summed E-state index contributed by atoms with van der Waals surface area (Å²) < 4.78 is 0. The van der Waals surface area contributed by atoms with Gasteiger partial charge in [-0.3, -0.25) is 0 Å². The summed E-state index contributed by atoms with van der Waals surface area (Å²) in [5.74, 6) is 1.41. The van der Waals surface area contributed by atoms with E-state index in [2.05, 4.69) is 60.4 Å². The van der Waals surface area contributed by atoms with Gasteiger partial charge >= 0.3 is 0 Å². The molecule has 4 heteroatoms. The average molecular weight is 256 g/mol. The average Bonchev–Trinajstić information content (AvgIpc) is 2.30. The van der Waals surface area contributed by atoms with E-state index in [1.54, 1.807) is 6.20 Å². The number of benzene rings is 1. The fourth-order valence-corrected chi connectivity index (χ4v) is 1.64. The van der Waals surface area contributed by atoms with Gasteiger partial charge in [0.15, 0.2) is 0 Å². The van der Waals surface area contributed by atoms with Crippen molar-refractivity contribution in [2.45, 2.75) is 33.2 Å². The van der Waals surface area contributed by atoms with Crippen LogP contribution in [0.4, 0.5) is 17.5 Å². The molecule has 100 valence electrons. The van der Waals surface area contributed by atoms with Gasteiger partial charge in [-0.2, -0.15) is 4.98 Å². The van der Waals surface area contributed by atoms with Crippen LogP contribution in [0.25, 0.3) is 0 Å². The summed E-state index contributed by atoms with van der Waals surface area (Å²) in [5.41, 5.74) is 2.20. The van der Waals surface area contributed by atoms with Crippen LogP contribution in [0.1, 0.15) is 26.3 Å². The maximum absolute atomic E-state index is 4.44. The lowest BCUT2D eigenvalue weighted by Gasteiger charge is -2.21. The summed E-state index contributed by atoms with van der Waals surface area (Å²) >= 11 is 0. The molecule has 1 heterocycles. The summed E-state index contributed by atoms with van der Waals surface area (Å²) in [7, 11) is 0. The highest BCUT2D eigenvalue weighted by atomic mass is 15.1. The number of rotatable bonds is 3. The number of aromatic nitrogens is 2. The maximum Gasteiger partial charge on any atom is 0.229 e. The van der Waals surface area contributed by atoms with Crippen molar-refractivity contribution in [3.05, 3.63) is 42.1 Å². The summed E-state index contributed by atoms with van der Waals surface area (Å²) in [6.45, 7) is 8.36. The van der Waals surface area contributed by atoms with Crippen LogP contribution in [-0.2, 0) is 0 Å². The zero-order valence-electron chi connectivity index (χ0n) is 11.9. The van der Waals surface area contributed by atoms with Gasteiger partial charge in [-0.25, -0.2) is 4.98 Å². The van der Waals surface area contributed by atoms with Gasteiger partial charge in [0.2, 0.25) is 5.95 Å². The van der Waals surface area contributed by atoms with Crippen LogP contribution >= 0.6 is 0 Å². The van der Waals surface area contributed by atoms with E-state index in [1.807, 2.05) is 18.2 Å². The van der Waals surface area contributed by atoms with Crippen LogP contribution in [0.2, 0.25) is 0 Å². The third kappa shape index (κ3) is 4.25. The minimum absolute atomic E-state index is 0.0184. The molecule has 4 nitrogen and oxygen atoms in total. The molecule has 0 unspecified atom stereocenters. The standard InChI is InChI=1S/C15H20N4/c1-11-5-7-12(8-6-11)17-14-16-10-9-13(18-14)19-15(2,3)4/h5-10H,1-4H3,(H2,16,17,18,19). The van der Waals surface area contributed by atoms with Gasteiger partial charge in [0, 0.05) is 17.4 Å². The first kappa shape index (κ1) is 13.3. The fourth-order valence-electron chi connectivity index (χ4n) is 1.64. The molecule has 0 aliphatic heterocycles. The topological polar surface area (TPSA) is 49.8 Å². The van der Waals surface area contributed by atoms with E-state index in [9.17, 15) is 0 Å². The molecular weight excluding hydrogens is 236 g/mol. The zero-order valence-corrected chi connectivity index (χ0v) is 11.9. The monoisotopic (exact) mass is 256 g/mol. The Morgan fingerprint density at radius 1 is 1.00 bits per heavy atom. The van der Waals surface area contributed by atoms with Gasteiger partial charge in [-0.1, -0.05) is 17.7 Å². The van der Waals surface area contributed by atoms with Gasteiger partial charge in [-0.05, 0) is 45.9 Å². The van der Waals surface area contributed by atoms with Crippen molar-refractivity contribution < 1.29 is 0 Å². The van der Waals surface area contributed by atoms with Gasteiger partial charge in [0.05, 0.1) is 0 Å². The number of hydrogen-bond acceptors (Lipinski definition) is 4. The van der Waals surface area contributed by atoms with Gasteiger partial charge in [0.25, 0.3) is 0 Å². The Balaban J connectivity index is 2.13. The second-order valence-electron chi connectivity index (χ2n) is 5.63. The number of hydrogen-bond donors (Lipinski definition) is 2. The molecule has 0 bridgehead atoms. The molecule has 0 fully saturated rings. The van der Waals surface area contributed by atoms with E-state index >= 15 is 0 Å². The summed E-state index contributed by atoms with van der Waals surface area (Å²) in [6, 6.07) is 10.0. The molecule has 2 aromatic rings. The maximum atomic E-state index is 4.44. The Bertz CT molecular complexity index is 541. The SMILES string of the molecule is Cc1ccc(Nc2nccc(NC(C)(C)C)n2)cc1. The summed E-state index contributed by atoms with van der Waals surface area (Å²) in [5, 5.41) is 6.52. The van der Waals surface area contributed by atoms with Gasteiger partial charge in [0.1, 0.15) is 5.82 Å². The van der Waals surface area contributed by atoms with Crippen molar-refractivity contribution in [3.8, 4) is 0 Å². The molecule has 0 radical (unpaired) electrons. The fraction of sp³-hybridized carbons (Fsp3) is 0.333. The van der Waals surface area contributed by atoms with Crippen LogP contribution < -0.4 is 10.6 Å². The minimum Gasteiger partial charge on any atom is -0.365 e. The van der Waals surface area contributed by atoms with Crippen LogP contribution in [0, 0.1) is 6.92 Å². The molecule has 0 saturated heterocycles. The molecule has 0 saturated carbocycles. The lowest BCUT2D eigenvalue weighted by Crippen LogP contribution is -2.26. The summed E-state index contributed by atoms with van der Waals surface area (Å²) in [4.78, 5) is 8.67. The molecule has 0 atom stereocenters. The lowest BCUT2D eigenvalue weighted by atomic mass is 10.1. The highest BCUT2D eigenvalue weighted by Crippen LogP contribution is 2.16. The van der Waals surface area contributed by atoms with E-state index in [0.717, 1.165) is 11.5 Å². The normalized spacial score (nSPS) is 11.2. The van der Waals surface area contributed by atoms with E-state index in [4.69, 9.17) is 0 Å². The van der Waals surface area contributed by atoms with E-state index in [-0.39, 0.29) is 5.54 Å². The smallest absolute Gasteiger partial charge is 0.229 e. The van der Waals surface area contributed by atoms with Crippen molar-refractivity contribution in [2.24, 2.45) is 0 Å². The van der Waals surface area contributed by atoms with Crippen molar-refractivity contribution in [2.75, 3.05) is 10.6 Å². The number of nitrogens with one attached hydrogen (secondary N) is 2. The molecule has 1 aromatic heterocycles. The first-order valence-electron chi connectivity index (χ1n) is 6.37. The van der Waals surface area contributed by atoms with Crippen LogP contribution in [0.15, 0.2) is 36.5 Å². The Morgan fingerprint density at radius 2 is 1.68 bits per heavy atom. The molecule has 0 amide bonds. The predicted molar refractivity (Wildman–Crippen MR) is 79.9 cm³/mol. The quantitative estimate of drug-likeness (QED) is 0.878. The molecule has 0 spiro atoms. The Labute approximate surface area is 114 Å². The first-order chi connectivity index (χ1) is 8.92. The van der Waals surface area contributed by atoms with Crippen molar-refractivity contribution in [1.82, 2.24) is 9.97 Å². The Morgan fingerprint density at radius 3 is 2.32 bits per heavy atom. The van der Waals surface area contributed by atoms with E-state index in [0.29, 0.717) is 5.95 Å². The first-order valence-corrected chi connectivity index (χ1v) is 6.37. The van der Waals surface area contributed by atoms with E-state index in [1.165, 1.54) is 5.56 Å². The number of aryl methyl sites for hydroxylation is 1. The zero-order chi connectivity index (χ0) is 13.9. The van der Waals surface area contributed by atoms with Crippen molar-refractivity contribution in [3.63, 3.8) is 0 Å². The Hall–Kier alpha value is -2.10. The van der Waals surface area contributed by atoms with Crippen LogP contribution in [0.5, 0.6) is 0 Å². The Kier molecular flexibility index (Phi) is 3.69. The lowest BCUT2D eigenvalue weighted by molar-refractivity contribution is 0.630. The highest BCUT2D eigenvalue weighted by Gasteiger charge is 2.10. The van der Waals surface area contributed by atoms with Crippen molar-refractivity contribution >= 4 is 17.5 Å². The number of nitrogens with zero attached hydrogens (tertiary/aromatic N) is 2. The van der Waals surface area contributed by atoms with Gasteiger partial charge in [-0.15, -0.1) is 0 Å². The third-order valence-electron chi connectivity index (χ3n) is 2.47.